The van der Waals surface area contributed by atoms with Crippen LogP contribution in [-0.2, 0) is 0 Å². The van der Waals surface area contributed by atoms with Gasteiger partial charge in [-0.25, -0.2) is 4.98 Å². The zero-order valence-corrected chi connectivity index (χ0v) is 20.4. The lowest BCUT2D eigenvalue weighted by Gasteiger charge is -2.34. The van der Waals surface area contributed by atoms with Gasteiger partial charge in [0.2, 0.25) is 5.95 Å². The van der Waals surface area contributed by atoms with Crippen LogP contribution in [0.1, 0.15) is 13.3 Å². The molecule has 172 valence electrons. The van der Waals surface area contributed by atoms with Crippen LogP contribution in [-0.4, -0.2) is 62.5 Å². The molecule has 0 radical (unpaired) electrons. The first kappa shape index (κ1) is 23.3. The van der Waals surface area contributed by atoms with Gasteiger partial charge in [0.1, 0.15) is 19.4 Å². The third kappa shape index (κ3) is 5.91. The Hall–Kier alpha value is -2.91. The number of nitrogens with zero attached hydrogens (tertiary/aromatic N) is 4. The fraction of sp³-hybridized carbons (Fsp3) is 0.333. The molecular formula is C24H31BN6OS. The van der Waals surface area contributed by atoms with Crippen molar-refractivity contribution < 1.29 is 4.74 Å². The van der Waals surface area contributed by atoms with Crippen LogP contribution in [0, 0.1) is 0 Å². The van der Waals surface area contributed by atoms with Crippen molar-refractivity contribution in [3.63, 3.8) is 0 Å². The minimum atomic E-state index is 0.508. The van der Waals surface area contributed by atoms with Crippen molar-refractivity contribution in [1.29, 1.82) is 0 Å². The quantitative estimate of drug-likeness (QED) is 0.351. The van der Waals surface area contributed by atoms with Gasteiger partial charge in [0.05, 0.1) is 18.0 Å². The number of likely N-dealkylation sites (N-methyl/N-ethyl adjacent to an activating group) is 1. The summed E-state index contributed by atoms with van der Waals surface area (Å²) in [5, 5.41) is 6.72. The minimum Gasteiger partial charge on any atom is -0.491 e. The number of benzene rings is 2. The van der Waals surface area contributed by atoms with Gasteiger partial charge in [-0.05, 0) is 43.2 Å². The molecule has 1 aliphatic heterocycles. The lowest BCUT2D eigenvalue weighted by Crippen LogP contribution is -2.44. The van der Waals surface area contributed by atoms with Crippen molar-refractivity contribution >= 4 is 54.8 Å². The van der Waals surface area contributed by atoms with E-state index in [4.69, 9.17) is 9.72 Å². The lowest BCUT2D eigenvalue weighted by molar-refractivity contribution is 0.311. The Labute approximate surface area is 202 Å². The fourth-order valence-corrected chi connectivity index (χ4v) is 3.88. The summed E-state index contributed by atoms with van der Waals surface area (Å²) in [5.41, 5.74) is 3.88. The van der Waals surface area contributed by atoms with E-state index in [0.717, 1.165) is 65.9 Å². The summed E-state index contributed by atoms with van der Waals surface area (Å²) in [4.78, 5) is 14.8. The molecule has 0 aliphatic carbocycles. The van der Waals surface area contributed by atoms with Gasteiger partial charge >= 0.3 is 0 Å². The molecule has 1 aromatic heterocycles. The van der Waals surface area contributed by atoms with Crippen LogP contribution in [0.4, 0.5) is 28.8 Å². The highest BCUT2D eigenvalue weighted by Crippen LogP contribution is 2.32. The van der Waals surface area contributed by atoms with Crippen LogP contribution >= 0.6 is 12.6 Å². The molecule has 7 nitrogen and oxygen atoms in total. The Morgan fingerprint density at radius 3 is 2.61 bits per heavy atom. The van der Waals surface area contributed by atoms with Crippen LogP contribution < -0.4 is 25.7 Å². The zero-order chi connectivity index (χ0) is 23.2. The van der Waals surface area contributed by atoms with Gasteiger partial charge < -0.3 is 25.2 Å². The smallest absolute Gasteiger partial charge is 0.229 e. The monoisotopic (exact) mass is 462 g/mol. The maximum Gasteiger partial charge on any atom is 0.229 e. The molecule has 9 heteroatoms. The van der Waals surface area contributed by atoms with Gasteiger partial charge in [-0.15, -0.1) is 12.6 Å². The van der Waals surface area contributed by atoms with Gasteiger partial charge in [0.25, 0.3) is 0 Å². The number of hydrogen-bond acceptors (Lipinski definition) is 8. The molecule has 0 unspecified atom stereocenters. The van der Waals surface area contributed by atoms with E-state index in [1.165, 1.54) is 5.69 Å². The van der Waals surface area contributed by atoms with E-state index in [1.807, 2.05) is 38.3 Å². The predicted molar refractivity (Wildman–Crippen MR) is 142 cm³/mol. The number of piperazine rings is 1. The second-order valence-corrected chi connectivity index (χ2v) is 8.79. The SMILES string of the molecule is Bc1cnc(Nc2ccc(N3CCN(C)CC3)cc2OCCC)nc1Nc1ccccc1S. The summed E-state index contributed by atoms with van der Waals surface area (Å²) in [7, 11) is 4.15. The average Bonchev–Trinajstić information content (AvgIpc) is 2.82. The molecule has 0 amide bonds. The second-order valence-electron chi connectivity index (χ2n) is 8.31. The van der Waals surface area contributed by atoms with Gasteiger partial charge in [-0.1, -0.05) is 19.1 Å². The van der Waals surface area contributed by atoms with Crippen LogP contribution in [0.15, 0.2) is 53.6 Å². The van der Waals surface area contributed by atoms with E-state index in [9.17, 15) is 0 Å². The number of anilines is 5. The normalized spacial score (nSPS) is 14.2. The fourth-order valence-electron chi connectivity index (χ4n) is 3.66. The summed E-state index contributed by atoms with van der Waals surface area (Å²) in [6, 6.07) is 14.2. The lowest BCUT2D eigenvalue weighted by atomic mass is 9.99. The van der Waals surface area contributed by atoms with Crippen molar-refractivity contribution in [3.8, 4) is 5.75 Å². The zero-order valence-electron chi connectivity index (χ0n) is 19.5. The number of thiol groups is 1. The van der Waals surface area contributed by atoms with E-state index < -0.39 is 0 Å². The molecule has 2 aromatic carbocycles. The maximum atomic E-state index is 6.10. The van der Waals surface area contributed by atoms with Gasteiger partial charge in [0.15, 0.2) is 0 Å². The Balaban J connectivity index is 1.56. The second kappa shape index (κ2) is 10.8. The Bertz CT molecular complexity index is 1090. The molecule has 4 rings (SSSR count). The average molecular weight is 462 g/mol. The highest BCUT2D eigenvalue weighted by Gasteiger charge is 2.17. The molecule has 0 spiro atoms. The first-order valence-corrected chi connectivity index (χ1v) is 11.8. The number of ether oxygens (including phenoxy) is 1. The molecule has 2 N–H and O–H groups in total. The Morgan fingerprint density at radius 2 is 1.85 bits per heavy atom. The number of aromatic nitrogens is 2. The summed E-state index contributed by atoms with van der Waals surface area (Å²) in [5.74, 6) is 2.06. The third-order valence-electron chi connectivity index (χ3n) is 5.67. The highest BCUT2D eigenvalue weighted by molar-refractivity contribution is 7.80. The number of hydrogen-bond donors (Lipinski definition) is 3. The van der Waals surface area contributed by atoms with Crippen LogP contribution in [0.25, 0.3) is 0 Å². The van der Waals surface area contributed by atoms with Crippen molar-refractivity contribution in [1.82, 2.24) is 14.9 Å². The van der Waals surface area contributed by atoms with Gasteiger partial charge in [0, 0.05) is 49.0 Å². The van der Waals surface area contributed by atoms with Crippen molar-refractivity contribution in [3.05, 3.63) is 48.7 Å². The van der Waals surface area contributed by atoms with E-state index >= 15 is 0 Å². The van der Waals surface area contributed by atoms with Crippen LogP contribution in [0.2, 0.25) is 0 Å². The van der Waals surface area contributed by atoms with Crippen molar-refractivity contribution in [2.75, 3.05) is 55.4 Å². The molecule has 0 saturated carbocycles. The van der Waals surface area contributed by atoms with Crippen LogP contribution in [0.5, 0.6) is 5.75 Å². The molecule has 33 heavy (non-hydrogen) atoms. The molecule has 1 fully saturated rings. The molecule has 1 aliphatic rings. The summed E-state index contributed by atoms with van der Waals surface area (Å²) in [6.07, 6.45) is 2.75. The Kier molecular flexibility index (Phi) is 7.62. The first-order chi connectivity index (χ1) is 16.0. The summed E-state index contributed by atoms with van der Waals surface area (Å²) in [6.45, 7) is 6.92. The molecule has 1 saturated heterocycles. The van der Waals surface area contributed by atoms with Gasteiger partial charge in [-0.3, -0.25) is 0 Å². The summed E-state index contributed by atoms with van der Waals surface area (Å²) < 4.78 is 6.10. The van der Waals surface area contributed by atoms with Crippen LogP contribution in [0.3, 0.4) is 0 Å². The number of rotatable bonds is 8. The number of nitrogens with one attached hydrogen (secondary N) is 2. The Morgan fingerprint density at radius 1 is 1.06 bits per heavy atom. The van der Waals surface area contributed by atoms with E-state index in [2.05, 4.69) is 70.2 Å². The summed E-state index contributed by atoms with van der Waals surface area (Å²) >= 11 is 4.53. The molecule has 0 atom stereocenters. The van der Waals surface area contributed by atoms with Gasteiger partial charge in [-0.2, -0.15) is 4.98 Å². The van der Waals surface area contributed by atoms with E-state index in [-0.39, 0.29) is 0 Å². The minimum absolute atomic E-state index is 0.508. The van der Waals surface area contributed by atoms with E-state index in [0.29, 0.717) is 12.6 Å². The third-order valence-corrected chi connectivity index (χ3v) is 6.06. The highest BCUT2D eigenvalue weighted by atomic mass is 32.1. The first-order valence-electron chi connectivity index (χ1n) is 11.4. The molecular weight excluding hydrogens is 431 g/mol. The molecule has 0 bridgehead atoms. The molecule has 2 heterocycles. The topological polar surface area (TPSA) is 65.6 Å². The van der Waals surface area contributed by atoms with E-state index in [1.54, 1.807) is 0 Å². The largest absolute Gasteiger partial charge is 0.491 e. The standard InChI is InChI=1S/C24H31BN6OS/c1-3-14-32-21-15-17(31-12-10-30(2)11-13-31)8-9-19(21)28-24-26-16-18(25)23(29-24)27-20-6-4-5-7-22(20)33/h4-9,15-16,33H,3,10-14,25H2,1-2H3,(H2,26,27,28,29). The predicted octanol–water partition coefficient (Wildman–Crippen LogP) is 3.05. The molecule has 3 aromatic rings. The van der Waals surface area contributed by atoms with Crippen molar-refractivity contribution in [2.45, 2.75) is 18.2 Å². The van der Waals surface area contributed by atoms with Crippen molar-refractivity contribution in [2.24, 2.45) is 0 Å². The number of para-hydroxylation sites is 1. The maximum absolute atomic E-state index is 6.10.